The second-order valence-corrected chi connectivity index (χ2v) is 9.96. The van der Waals surface area contributed by atoms with Crippen LogP contribution in [0.3, 0.4) is 0 Å². The van der Waals surface area contributed by atoms with Gasteiger partial charge in [0.1, 0.15) is 8.42 Å². The number of aromatic nitrogens is 1. The largest absolute Gasteiger partial charge is 0.212 e. The Morgan fingerprint density at radius 1 is 0.840 bits per heavy atom. The predicted octanol–water partition coefficient (Wildman–Crippen LogP) is 6.11. The van der Waals surface area contributed by atoms with E-state index in [1.165, 1.54) is 16.7 Å². The van der Waals surface area contributed by atoms with Gasteiger partial charge in [-0.05, 0) is 41.0 Å². The average Bonchev–Trinajstić information content (AvgIpc) is 2.48. The lowest BCUT2D eigenvalue weighted by atomic mass is 9.66. The highest BCUT2D eigenvalue weighted by atomic mass is 14.9. The zero-order valence-corrected chi connectivity index (χ0v) is 17.8. The molecule has 1 nitrogen and oxygen atoms in total. The number of benzene rings is 1. The second-order valence-electron chi connectivity index (χ2n) is 9.96. The smallest absolute Gasteiger partial charge is 0.201 e. The van der Waals surface area contributed by atoms with E-state index in [2.05, 4.69) is 92.6 Å². The number of nitrogens with zero attached hydrogens (tertiary/aromatic N) is 1. The predicted molar refractivity (Wildman–Crippen MR) is 109 cm³/mol. The van der Waals surface area contributed by atoms with Gasteiger partial charge in [0.15, 0.2) is 6.17 Å². The number of pyridine rings is 1. The Balaban J connectivity index is 2.67. The first-order chi connectivity index (χ1) is 11.7. The number of aryl methyl sites for hydroxylation is 1. The van der Waals surface area contributed by atoms with E-state index in [9.17, 15) is 0 Å². The van der Waals surface area contributed by atoms with Crippen molar-refractivity contribution in [2.45, 2.75) is 73.1 Å². The summed E-state index contributed by atoms with van der Waals surface area (Å²) in [6, 6.07) is 11.1. The highest BCUT2D eigenvalue weighted by Crippen LogP contribution is 2.40. The van der Waals surface area contributed by atoms with Gasteiger partial charge in [0.05, 0.1) is 0 Å². The van der Waals surface area contributed by atoms with Crippen LogP contribution in [0.15, 0.2) is 36.5 Å². The van der Waals surface area contributed by atoms with Crippen molar-refractivity contribution in [3.63, 3.8) is 0 Å². The number of rotatable bonds is 2. The molecule has 0 fully saturated rings. The van der Waals surface area contributed by atoms with E-state index in [-0.39, 0.29) is 16.2 Å². The van der Waals surface area contributed by atoms with Crippen molar-refractivity contribution in [3.05, 3.63) is 53.2 Å². The van der Waals surface area contributed by atoms with Crippen LogP contribution in [0.25, 0.3) is 11.3 Å². The summed E-state index contributed by atoms with van der Waals surface area (Å²) in [4.78, 5) is 0. The fourth-order valence-electron chi connectivity index (χ4n) is 2.94. The molecule has 1 aromatic carbocycles. The van der Waals surface area contributed by atoms with Crippen LogP contribution in [0.2, 0.25) is 0 Å². The van der Waals surface area contributed by atoms with E-state index in [1.54, 1.807) is 0 Å². The molecule has 1 heterocycles. The van der Waals surface area contributed by atoms with Crippen LogP contribution in [0.1, 0.15) is 73.5 Å². The van der Waals surface area contributed by atoms with Crippen LogP contribution in [-0.4, -0.2) is 0 Å². The summed E-state index contributed by atoms with van der Waals surface area (Å²) in [5, 5.41) is 0. The first-order valence-electron chi connectivity index (χ1n) is 9.79. The molecule has 1 heteroatoms. The summed E-state index contributed by atoms with van der Waals surface area (Å²) >= 11 is 0. The molecular formula is C24H36N+. The Bertz CT molecular complexity index is 817. The van der Waals surface area contributed by atoms with Gasteiger partial charge in [0.2, 0.25) is 5.69 Å². The summed E-state index contributed by atoms with van der Waals surface area (Å²) < 4.78 is 10.9. The van der Waals surface area contributed by atoms with Crippen LogP contribution in [0.4, 0.5) is 0 Å². The second kappa shape index (κ2) is 6.27. The summed E-state index contributed by atoms with van der Waals surface area (Å²) in [6.07, 6.45) is 0.600. The highest BCUT2D eigenvalue weighted by molar-refractivity contribution is 5.62. The molecule has 2 rings (SSSR count). The first kappa shape index (κ1) is 18.2. The van der Waals surface area contributed by atoms with Gasteiger partial charge in [-0.2, -0.15) is 0 Å². The normalized spacial score (nSPS) is 13.8. The molecule has 0 bridgehead atoms. The number of hydrogen-bond donors (Lipinski definition) is 0. The van der Waals surface area contributed by atoms with Gasteiger partial charge in [-0.1, -0.05) is 67.5 Å². The minimum Gasteiger partial charge on any atom is -0.201 e. The molecule has 0 aliphatic heterocycles. The maximum absolute atomic E-state index is 8.83. The van der Waals surface area contributed by atoms with Crippen molar-refractivity contribution in [2.75, 3.05) is 0 Å². The van der Waals surface area contributed by atoms with Gasteiger partial charge in [-0.25, -0.2) is 4.57 Å². The van der Waals surface area contributed by atoms with Crippen molar-refractivity contribution in [1.82, 2.24) is 0 Å². The zero-order valence-electron chi connectivity index (χ0n) is 18.8. The Kier molecular flexibility index (Phi) is 4.56. The molecule has 0 amide bonds. The van der Waals surface area contributed by atoms with Gasteiger partial charge in [-0.15, -0.1) is 0 Å². The van der Waals surface area contributed by atoms with Gasteiger partial charge in [0, 0.05) is 22.6 Å². The molecule has 0 aliphatic carbocycles. The van der Waals surface area contributed by atoms with Crippen LogP contribution in [-0.2, 0) is 17.9 Å². The maximum Gasteiger partial charge on any atom is 0.212 e. The summed E-state index contributed by atoms with van der Waals surface area (Å²) in [6.45, 7) is 20.1. The SMILES string of the molecule is [2H]c1c(C(C)(C)C(C)(C)C)ccc(-c2cc(C(C)(C)C)ccc2C)[n+]1C. The zero-order chi connectivity index (χ0) is 20.1. The van der Waals surface area contributed by atoms with Gasteiger partial charge >= 0.3 is 0 Å². The Morgan fingerprint density at radius 3 is 1.92 bits per heavy atom. The van der Waals surface area contributed by atoms with Crippen molar-refractivity contribution >= 4 is 0 Å². The lowest BCUT2D eigenvalue weighted by Crippen LogP contribution is -2.38. The highest BCUT2D eigenvalue weighted by Gasteiger charge is 2.36. The molecule has 136 valence electrons. The topological polar surface area (TPSA) is 3.88 Å². The standard InChI is InChI=1S/C24H36N/c1-17-11-12-18(22(2,3)4)15-20(17)21-14-13-19(16-25(21)10)24(8,9)23(5,6)7/h11-16H,1-10H3/q+1/i16D. The average molecular weight is 340 g/mol. The fraction of sp³-hybridized carbons (Fsp3) is 0.542. The Hall–Kier alpha value is -1.63. The summed E-state index contributed by atoms with van der Waals surface area (Å²) in [7, 11) is 2.02. The monoisotopic (exact) mass is 339 g/mol. The Labute approximate surface area is 156 Å². The molecule has 0 spiro atoms. The van der Waals surface area contributed by atoms with Gasteiger partial charge < -0.3 is 0 Å². The van der Waals surface area contributed by atoms with E-state index < -0.39 is 0 Å². The molecule has 0 unspecified atom stereocenters. The summed E-state index contributed by atoms with van der Waals surface area (Å²) in [5.74, 6) is 0. The van der Waals surface area contributed by atoms with Crippen LogP contribution >= 0.6 is 0 Å². The van der Waals surface area contributed by atoms with Crippen LogP contribution in [0.5, 0.6) is 0 Å². The molecule has 0 saturated heterocycles. The fourth-order valence-corrected chi connectivity index (χ4v) is 2.94. The number of hydrogen-bond acceptors (Lipinski definition) is 0. The van der Waals surface area contributed by atoms with E-state index >= 15 is 0 Å². The third-order valence-electron chi connectivity index (χ3n) is 5.99. The third-order valence-corrected chi connectivity index (χ3v) is 5.99. The Morgan fingerprint density at radius 2 is 1.40 bits per heavy atom. The molecule has 0 atom stereocenters. The molecule has 2 aromatic rings. The van der Waals surface area contributed by atoms with Crippen molar-refractivity contribution in [3.8, 4) is 11.3 Å². The summed E-state index contributed by atoms with van der Waals surface area (Å²) in [5.41, 5.74) is 6.10. The van der Waals surface area contributed by atoms with Crippen molar-refractivity contribution in [1.29, 1.82) is 0 Å². The van der Waals surface area contributed by atoms with Crippen LogP contribution < -0.4 is 4.57 Å². The molecule has 0 aliphatic rings. The molecule has 0 N–H and O–H groups in total. The molecule has 0 saturated carbocycles. The molecule has 25 heavy (non-hydrogen) atoms. The van der Waals surface area contributed by atoms with Gasteiger partial charge in [0.25, 0.3) is 0 Å². The van der Waals surface area contributed by atoms with E-state index in [1.807, 2.05) is 11.6 Å². The van der Waals surface area contributed by atoms with Crippen molar-refractivity contribution < 1.29 is 5.94 Å². The van der Waals surface area contributed by atoms with Crippen LogP contribution in [0, 0.1) is 12.3 Å². The quantitative estimate of drug-likeness (QED) is 0.581. The molecular weight excluding hydrogens is 302 g/mol. The third kappa shape index (κ3) is 3.81. The van der Waals surface area contributed by atoms with E-state index in [0.717, 1.165) is 11.3 Å². The van der Waals surface area contributed by atoms with Gasteiger partial charge in [-0.3, -0.25) is 0 Å². The lowest BCUT2D eigenvalue weighted by Gasteiger charge is -2.38. The lowest BCUT2D eigenvalue weighted by molar-refractivity contribution is -0.661. The van der Waals surface area contributed by atoms with Crippen molar-refractivity contribution in [2.24, 2.45) is 12.5 Å². The minimum absolute atomic E-state index is 0.0807. The molecule has 1 aromatic heterocycles. The minimum atomic E-state index is -0.0807. The molecule has 0 radical (unpaired) electrons. The van der Waals surface area contributed by atoms with E-state index in [4.69, 9.17) is 1.37 Å². The first-order valence-corrected chi connectivity index (χ1v) is 9.29. The maximum atomic E-state index is 8.83. The van der Waals surface area contributed by atoms with E-state index in [0.29, 0.717) is 6.17 Å².